The fourth-order valence-corrected chi connectivity index (χ4v) is 1.78. The maximum atomic E-state index is 11.9. The summed E-state index contributed by atoms with van der Waals surface area (Å²) in [6.07, 6.45) is -1.31. The Morgan fingerprint density at radius 1 is 1.11 bits per heavy atom. The summed E-state index contributed by atoms with van der Waals surface area (Å²) in [5, 5.41) is 22.1. The molecule has 2 aromatic carbocycles. The number of phenolic OH excluding ortho intramolecular Hbond substituents is 1. The molecule has 0 fully saturated rings. The standard InChI is InChI=1S/C14H12ClNO3/c15-10-7-4-8-11(13(10)18)16-14(19)12(17)9-5-2-1-3-6-9/h1-8,12,17-18H,(H,16,19)/t12-/m1/s1. The van der Waals surface area contributed by atoms with Crippen molar-refractivity contribution in [1.29, 1.82) is 0 Å². The van der Waals surface area contributed by atoms with Gasteiger partial charge in [0.25, 0.3) is 5.91 Å². The maximum Gasteiger partial charge on any atom is 0.257 e. The number of aromatic hydroxyl groups is 1. The van der Waals surface area contributed by atoms with Crippen LogP contribution in [0.1, 0.15) is 11.7 Å². The Morgan fingerprint density at radius 3 is 2.47 bits per heavy atom. The van der Waals surface area contributed by atoms with Crippen LogP contribution >= 0.6 is 11.6 Å². The molecule has 0 radical (unpaired) electrons. The van der Waals surface area contributed by atoms with E-state index < -0.39 is 12.0 Å². The van der Waals surface area contributed by atoms with Gasteiger partial charge in [0.1, 0.15) is 0 Å². The lowest BCUT2D eigenvalue weighted by Crippen LogP contribution is -2.20. The summed E-state index contributed by atoms with van der Waals surface area (Å²) in [5.74, 6) is -0.860. The van der Waals surface area contributed by atoms with Gasteiger partial charge in [-0.3, -0.25) is 4.79 Å². The van der Waals surface area contributed by atoms with Crippen LogP contribution in [0.25, 0.3) is 0 Å². The number of anilines is 1. The van der Waals surface area contributed by atoms with Crippen LogP contribution in [0.3, 0.4) is 0 Å². The number of benzene rings is 2. The number of hydrogen-bond acceptors (Lipinski definition) is 3. The molecular weight excluding hydrogens is 266 g/mol. The Kier molecular flexibility index (Phi) is 4.04. The average Bonchev–Trinajstić information content (AvgIpc) is 2.44. The van der Waals surface area contributed by atoms with Gasteiger partial charge >= 0.3 is 0 Å². The van der Waals surface area contributed by atoms with Crippen LogP contribution in [-0.4, -0.2) is 16.1 Å². The molecule has 0 saturated carbocycles. The van der Waals surface area contributed by atoms with Crippen molar-refractivity contribution in [3.63, 3.8) is 0 Å². The van der Waals surface area contributed by atoms with Crippen LogP contribution in [0.4, 0.5) is 5.69 Å². The van der Waals surface area contributed by atoms with Gasteiger partial charge in [0, 0.05) is 0 Å². The van der Waals surface area contributed by atoms with Crippen molar-refractivity contribution in [2.75, 3.05) is 5.32 Å². The van der Waals surface area contributed by atoms with Crippen LogP contribution in [0, 0.1) is 0 Å². The molecule has 0 bridgehead atoms. The SMILES string of the molecule is O=C(Nc1cccc(Cl)c1O)[C@H](O)c1ccccc1. The fraction of sp³-hybridized carbons (Fsp3) is 0.0714. The summed E-state index contributed by atoms with van der Waals surface area (Å²) in [6, 6.07) is 13.1. The number of aliphatic hydroxyl groups is 1. The molecule has 1 atom stereocenters. The van der Waals surface area contributed by atoms with Crippen LogP contribution in [0.15, 0.2) is 48.5 Å². The number of para-hydroxylation sites is 1. The molecule has 2 rings (SSSR count). The van der Waals surface area contributed by atoms with Crippen LogP contribution < -0.4 is 5.32 Å². The molecule has 0 heterocycles. The minimum Gasteiger partial charge on any atom is -0.504 e. The highest BCUT2D eigenvalue weighted by atomic mass is 35.5. The third-order valence-electron chi connectivity index (χ3n) is 2.61. The van der Waals surface area contributed by atoms with Gasteiger partial charge in [-0.25, -0.2) is 0 Å². The van der Waals surface area contributed by atoms with E-state index in [9.17, 15) is 15.0 Å². The summed E-state index contributed by atoms with van der Waals surface area (Å²) < 4.78 is 0. The van der Waals surface area contributed by atoms with E-state index >= 15 is 0 Å². The van der Waals surface area contributed by atoms with Crippen LogP contribution in [-0.2, 0) is 4.79 Å². The average molecular weight is 278 g/mol. The van der Waals surface area contributed by atoms with Crippen molar-refractivity contribution < 1.29 is 15.0 Å². The molecular formula is C14H12ClNO3. The molecule has 0 aliphatic rings. The highest BCUT2D eigenvalue weighted by molar-refractivity contribution is 6.32. The second kappa shape index (κ2) is 5.73. The van der Waals surface area contributed by atoms with E-state index in [1.54, 1.807) is 36.4 Å². The van der Waals surface area contributed by atoms with Gasteiger partial charge < -0.3 is 15.5 Å². The zero-order chi connectivity index (χ0) is 13.8. The second-order valence-corrected chi connectivity index (χ2v) is 4.35. The van der Waals surface area contributed by atoms with Gasteiger partial charge in [0.05, 0.1) is 10.7 Å². The molecule has 0 saturated heterocycles. The highest BCUT2D eigenvalue weighted by Gasteiger charge is 2.18. The summed E-state index contributed by atoms with van der Waals surface area (Å²) in [7, 11) is 0. The summed E-state index contributed by atoms with van der Waals surface area (Å²) in [4.78, 5) is 11.9. The molecule has 1 amide bonds. The predicted molar refractivity (Wildman–Crippen MR) is 73.1 cm³/mol. The first-order valence-electron chi connectivity index (χ1n) is 5.61. The second-order valence-electron chi connectivity index (χ2n) is 3.94. The lowest BCUT2D eigenvalue weighted by atomic mass is 10.1. The Bertz CT molecular complexity index is 586. The number of hydrogen-bond donors (Lipinski definition) is 3. The Morgan fingerprint density at radius 2 is 1.79 bits per heavy atom. The van der Waals surface area contributed by atoms with Crippen molar-refractivity contribution in [2.45, 2.75) is 6.10 Å². The molecule has 0 spiro atoms. The van der Waals surface area contributed by atoms with E-state index in [0.29, 0.717) is 5.56 Å². The molecule has 5 heteroatoms. The number of carbonyl (C=O) groups is 1. The molecule has 4 nitrogen and oxygen atoms in total. The zero-order valence-electron chi connectivity index (χ0n) is 9.88. The van der Waals surface area contributed by atoms with E-state index in [2.05, 4.69) is 5.32 Å². The van der Waals surface area contributed by atoms with E-state index in [0.717, 1.165) is 0 Å². The van der Waals surface area contributed by atoms with Gasteiger partial charge in [0.15, 0.2) is 11.9 Å². The van der Waals surface area contributed by atoms with Crippen molar-refractivity contribution in [1.82, 2.24) is 0 Å². The van der Waals surface area contributed by atoms with Gasteiger partial charge in [-0.15, -0.1) is 0 Å². The normalized spacial score (nSPS) is 11.9. The largest absolute Gasteiger partial charge is 0.504 e. The van der Waals surface area contributed by atoms with Crippen molar-refractivity contribution in [3.8, 4) is 5.75 Å². The van der Waals surface area contributed by atoms with E-state index in [-0.39, 0.29) is 16.5 Å². The summed E-state index contributed by atoms with van der Waals surface area (Å²) >= 11 is 5.73. The lowest BCUT2D eigenvalue weighted by molar-refractivity contribution is -0.124. The van der Waals surface area contributed by atoms with Crippen molar-refractivity contribution in [3.05, 3.63) is 59.1 Å². The Balaban J connectivity index is 2.15. The maximum absolute atomic E-state index is 11.9. The van der Waals surface area contributed by atoms with E-state index in [1.165, 1.54) is 12.1 Å². The third kappa shape index (κ3) is 3.05. The van der Waals surface area contributed by atoms with Crippen LogP contribution in [0.5, 0.6) is 5.75 Å². The topological polar surface area (TPSA) is 69.6 Å². The number of phenols is 1. The number of nitrogens with one attached hydrogen (secondary N) is 1. The highest BCUT2D eigenvalue weighted by Crippen LogP contribution is 2.31. The first-order valence-corrected chi connectivity index (χ1v) is 5.98. The van der Waals surface area contributed by atoms with Gasteiger partial charge in [0.2, 0.25) is 0 Å². The molecule has 19 heavy (non-hydrogen) atoms. The molecule has 0 aliphatic heterocycles. The predicted octanol–water partition coefficient (Wildman–Crippen LogP) is 2.72. The van der Waals surface area contributed by atoms with Gasteiger partial charge in [-0.05, 0) is 17.7 Å². The van der Waals surface area contributed by atoms with E-state index in [4.69, 9.17) is 11.6 Å². The Hall–Kier alpha value is -2.04. The number of amides is 1. The number of rotatable bonds is 3. The quantitative estimate of drug-likeness (QED) is 0.756. The number of carbonyl (C=O) groups excluding carboxylic acids is 1. The Labute approximate surface area is 115 Å². The summed E-state index contributed by atoms with van der Waals surface area (Å²) in [5.41, 5.74) is 0.633. The first-order chi connectivity index (χ1) is 9.09. The smallest absolute Gasteiger partial charge is 0.257 e. The number of halogens is 1. The zero-order valence-corrected chi connectivity index (χ0v) is 10.6. The fourth-order valence-electron chi connectivity index (χ4n) is 1.60. The molecule has 0 aromatic heterocycles. The first kappa shape index (κ1) is 13.4. The lowest BCUT2D eigenvalue weighted by Gasteiger charge is -2.12. The summed E-state index contributed by atoms with van der Waals surface area (Å²) in [6.45, 7) is 0. The third-order valence-corrected chi connectivity index (χ3v) is 2.91. The number of aliphatic hydroxyl groups excluding tert-OH is 1. The van der Waals surface area contributed by atoms with Crippen molar-refractivity contribution >= 4 is 23.2 Å². The molecule has 98 valence electrons. The monoisotopic (exact) mass is 277 g/mol. The minimum absolute atomic E-state index is 0.131. The van der Waals surface area contributed by atoms with Gasteiger partial charge in [-0.2, -0.15) is 0 Å². The molecule has 3 N–H and O–H groups in total. The minimum atomic E-state index is -1.31. The van der Waals surface area contributed by atoms with Gasteiger partial charge in [-0.1, -0.05) is 48.0 Å². The van der Waals surface area contributed by atoms with Crippen LogP contribution in [0.2, 0.25) is 5.02 Å². The van der Waals surface area contributed by atoms with Crippen molar-refractivity contribution in [2.24, 2.45) is 0 Å². The molecule has 0 unspecified atom stereocenters. The molecule has 2 aromatic rings. The molecule has 0 aliphatic carbocycles. The van der Waals surface area contributed by atoms with E-state index in [1.807, 2.05) is 0 Å².